The van der Waals surface area contributed by atoms with E-state index in [1.54, 1.807) is 11.1 Å². The highest BCUT2D eigenvalue weighted by atomic mass is 16.5. The first-order valence-corrected chi connectivity index (χ1v) is 7.25. The summed E-state index contributed by atoms with van der Waals surface area (Å²) in [5, 5.41) is 3.82. The summed E-state index contributed by atoms with van der Waals surface area (Å²) >= 11 is 0. The molecule has 23 heavy (non-hydrogen) atoms. The fourth-order valence-corrected chi connectivity index (χ4v) is 2.81. The molecular weight excluding hydrogens is 294 g/mol. The second-order valence-corrected chi connectivity index (χ2v) is 5.37. The van der Waals surface area contributed by atoms with Crippen LogP contribution in [0.25, 0.3) is 11.5 Å². The number of para-hydroxylation sites is 1. The van der Waals surface area contributed by atoms with Crippen LogP contribution in [0.3, 0.4) is 0 Å². The van der Waals surface area contributed by atoms with Gasteiger partial charge in [0.15, 0.2) is 0 Å². The summed E-state index contributed by atoms with van der Waals surface area (Å²) in [6.45, 7) is 2.00. The van der Waals surface area contributed by atoms with E-state index in [4.69, 9.17) is 4.52 Å². The number of hydrogen-bond acceptors (Lipinski definition) is 6. The molecule has 2 aromatic heterocycles. The van der Waals surface area contributed by atoms with Crippen LogP contribution in [-0.4, -0.2) is 32.1 Å². The molecule has 0 spiro atoms. The lowest BCUT2D eigenvalue weighted by Gasteiger charge is -2.20. The van der Waals surface area contributed by atoms with E-state index >= 15 is 0 Å². The molecule has 114 valence electrons. The van der Waals surface area contributed by atoms with Crippen molar-refractivity contribution in [3.8, 4) is 11.5 Å². The molecule has 0 radical (unpaired) electrons. The van der Waals surface area contributed by atoms with Gasteiger partial charge in [-0.15, -0.1) is 0 Å². The number of fused-ring (bicyclic) bond motifs is 1. The lowest BCUT2D eigenvalue weighted by atomic mass is 10.1. The van der Waals surface area contributed by atoms with Crippen LogP contribution in [0.5, 0.6) is 0 Å². The van der Waals surface area contributed by atoms with Crippen molar-refractivity contribution in [2.75, 3.05) is 4.90 Å². The fourth-order valence-electron chi connectivity index (χ4n) is 2.81. The molecule has 0 N–H and O–H groups in total. The van der Waals surface area contributed by atoms with Crippen molar-refractivity contribution in [1.82, 2.24) is 20.1 Å². The molecular formula is C16H13N5O2. The molecule has 3 aromatic rings. The maximum atomic E-state index is 12.8. The van der Waals surface area contributed by atoms with E-state index in [2.05, 4.69) is 20.1 Å². The van der Waals surface area contributed by atoms with Crippen LogP contribution in [0.1, 0.15) is 23.2 Å². The molecule has 4 rings (SSSR count). The molecule has 1 aromatic carbocycles. The first kappa shape index (κ1) is 13.6. The molecule has 0 saturated heterocycles. The summed E-state index contributed by atoms with van der Waals surface area (Å²) in [5.74, 6) is -0.0964. The fraction of sp³-hybridized carbons (Fsp3) is 0.188. The quantitative estimate of drug-likeness (QED) is 0.721. The maximum Gasteiger partial charge on any atom is 0.317 e. The van der Waals surface area contributed by atoms with Crippen LogP contribution < -0.4 is 4.90 Å². The number of hydrogen-bond donors (Lipinski definition) is 0. The summed E-state index contributed by atoms with van der Waals surface area (Å²) in [7, 11) is 0. The van der Waals surface area contributed by atoms with Crippen molar-refractivity contribution in [3.05, 3.63) is 54.3 Å². The molecule has 3 heterocycles. The summed E-state index contributed by atoms with van der Waals surface area (Å²) in [4.78, 5) is 26.7. The molecule has 1 amide bonds. The third-order valence-corrected chi connectivity index (χ3v) is 3.83. The Labute approximate surface area is 132 Å². The van der Waals surface area contributed by atoms with Crippen LogP contribution in [-0.2, 0) is 6.42 Å². The van der Waals surface area contributed by atoms with Crippen LogP contribution >= 0.6 is 0 Å². The molecule has 1 atom stereocenters. The third-order valence-electron chi connectivity index (χ3n) is 3.83. The number of aromatic nitrogens is 4. The van der Waals surface area contributed by atoms with Gasteiger partial charge >= 0.3 is 11.8 Å². The largest absolute Gasteiger partial charge is 0.328 e. The zero-order chi connectivity index (χ0) is 15.8. The smallest absolute Gasteiger partial charge is 0.317 e. The van der Waals surface area contributed by atoms with Crippen LogP contribution in [0.2, 0.25) is 0 Å². The number of nitrogens with zero attached hydrogens (tertiary/aromatic N) is 5. The monoisotopic (exact) mass is 307 g/mol. The summed E-state index contributed by atoms with van der Waals surface area (Å²) in [5.41, 5.74) is 2.50. The summed E-state index contributed by atoms with van der Waals surface area (Å²) in [6.07, 6.45) is 5.42. The number of amides is 1. The second-order valence-electron chi connectivity index (χ2n) is 5.37. The molecule has 7 heteroatoms. The van der Waals surface area contributed by atoms with Crippen molar-refractivity contribution < 1.29 is 9.32 Å². The average Bonchev–Trinajstić information content (AvgIpc) is 3.19. The Morgan fingerprint density at radius 1 is 1.30 bits per heavy atom. The standard InChI is InChI=1S/C16H13N5O2/c1-10-8-11-4-2-3-5-13(11)21(10)16(22)15-19-14(20-23-15)12-9-17-6-7-18-12/h2-7,9-10H,8H2,1H3. The topological polar surface area (TPSA) is 85.0 Å². The minimum atomic E-state index is -0.301. The molecule has 0 fully saturated rings. The van der Waals surface area contributed by atoms with E-state index in [9.17, 15) is 4.79 Å². The molecule has 0 bridgehead atoms. The van der Waals surface area contributed by atoms with Gasteiger partial charge in [-0.25, -0.2) is 4.98 Å². The van der Waals surface area contributed by atoms with E-state index in [-0.39, 0.29) is 23.7 Å². The Hall–Kier alpha value is -3.09. The molecule has 0 saturated carbocycles. The first-order chi connectivity index (χ1) is 11.2. The van der Waals surface area contributed by atoms with E-state index in [1.165, 1.54) is 12.4 Å². The van der Waals surface area contributed by atoms with E-state index in [0.29, 0.717) is 5.69 Å². The van der Waals surface area contributed by atoms with Gasteiger partial charge in [-0.2, -0.15) is 4.98 Å². The highest BCUT2D eigenvalue weighted by Crippen LogP contribution is 2.32. The highest BCUT2D eigenvalue weighted by molar-refractivity contribution is 6.05. The van der Waals surface area contributed by atoms with E-state index in [0.717, 1.165) is 17.7 Å². The summed E-state index contributed by atoms with van der Waals surface area (Å²) in [6, 6.07) is 7.88. The zero-order valence-electron chi connectivity index (χ0n) is 12.4. The van der Waals surface area contributed by atoms with Gasteiger partial charge in [0.2, 0.25) is 5.82 Å². The van der Waals surface area contributed by atoms with Gasteiger partial charge in [0.05, 0.1) is 6.20 Å². The minimum Gasteiger partial charge on any atom is -0.328 e. The van der Waals surface area contributed by atoms with Gasteiger partial charge in [0.1, 0.15) is 5.69 Å². The first-order valence-electron chi connectivity index (χ1n) is 7.25. The third kappa shape index (κ3) is 2.26. The number of anilines is 1. The van der Waals surface area contributed by atoms with Gasteiger partial charge in [-0.3, -0.25) is 9.78 Å². The number of benzene rings is 1. The van der Waals surface area contributed by atoms with Crippen LogP contribution in [0.15, 0.2) is 47.4 Å². The SMILES string of the molecule is CC1Cc2ccccc2N1C(=O)c1nc(-c2cnccn2)no1. The molecule has 1 aliphatic heterocycles. The normalized spacial score (nSPS) is 16.4. The Bertz CT molecular complexity index is 862. The van der Waals surface area contributed by atoms with E-state index < -0.39 is 0 Å². The number of rotatable bonds is 2. The zero-order valence-corrected chi connectivity index (χ0v) is 12.4. The van der Waals surface area contributed by atoms with Crippen LogP contribution in [0, 0.1) is 0 Å². The number of carbonyl (C=O) groups is 1. The van der Waals surface area contributed by atoms with E-state index in [1.807, 2.05) is 31.2 Å². The van der Waals surface area contributed by atoms with Gasteiger partial charge < -0.3 is 9.42 Å². The minimum absolute atomic E-state index is 0.0470. The van der Waals surface area contributed by atoms with Crippen molar-refractivity contribution >= 4 is 11.6 Å². The van der Waals surface area contributed by atoms with Crippen molar-refractivity contribution in [1.29, 1.82) is 0 Å². The molecule has 0 aliphatic carbocycles. The molecule has 7 nitrogen and oxygen atoms in total. The Morgan fingerprint density at radius 3 is 3.00 bits per heavy atom. The van der Waals surface area contributed by atoms with Gasteiger partial charge in [0, 0.05) is 24.1 Å². The molecule has 1 aliphatic rings. The predicted octanol–water partition coefficient (Wildman–Crippen LogP) is 2.12. The predicted molar refractivity (Wildman–Crippen MR) is 81.7 cm³/mol. The summed E-state index contributed by atoms with van der Waals surface area (Å²) < 4.78 is 5.14. The Balaban J connectivity index is 1.67. The Kier molecular flexibility index (Phi) is 3.11. The lowest BCUT2D eigenvalue weighted by molar-refractivity contribution is 0.0939. The average molecular weight is 307 g/mol. The van der Waals surface area contributed by atoms with Gasteiger partial charge in [-0.1, -0.05) is 23.4 Å². The number of carbonyl (C=O) groups excluding carboxylic acids is 1. The highest BCUT2D eigenvalue weighted by Gasteiger charge is 2.34. The second kappa shape index (κ2) is 5.28. The van der Waals surface area contributed by atoms with Crippen molar-refractivity contribution in [3.63, 3.8) is 0 Å². The van der Waals surface area contributed by atoms with Crippen LogP contribution in [0.4, 0.5) is 5.69 Å². The van der Waals surface area contributed by atoms with Crippen molar-refractivity contribution in [2.24, 2.45) is 0 Å². The van der Waals surface area contributed by atoms with Gasteiger partial charge in [0.25, 0.3) is 0 Å². The lowest BCUT2D eigenvalue weighted by Crippen LogP contribution is -2.35. The van der Waals surface area contributed by atoms with Gasteiger partial charge in [-0.05, 0) is 25.0 Å². The maximum absolute atomic E-state index is 12.8. The van der Waals surface area contributed by atoms with Crippen molar-refractivity contribution in [2.45, 2.75) is 19.4 Å². The molecule has 1 unspecified atom stereocenters. The Morgan fingerprint density at radius 2 is 2.17 bits per heavy atom.